The number of nitrogens with one attached hydrogen (secondary N) is 2. The van der Waals surface area contributed by atoms with E-state index in [9.17, 15) is 4.79 Å². The lowest BCUT2D eigenvalue weighted by atomic mass is 10.1. The Balaban J connectivity index is 1.87. The van der Waals surface area contributed by atoms with Gasteiger partial charge in [0.15, 0.2) is 0 Å². The van der Waals surface area contributed by atoms with E-state index in [0.717, 1.165) is 34.3 Å². The molecule has 1 aliphatic rings. The third kappa shape index (κ3) is 2.86. The zero-order valence-electron chi connectivity index (χ0n) is 12.4. The fourth-order valence-electron chi connectivity index (χ4n) is 2.37. The lowest BCUT2D eigenvalue weighted by Gasteiger charge is -2.11. The predicted molar refractivity (Wildman–Crippen MR) is 82.9 cm³/mol. The average Bonchev–Trinajstić information content (AvgIpc) is 2.77. The number of benzene rings is 1. The quantitative estimate of drug-likeness (QED) is 0.907. The van der Waals surface area contributed by atoms with E-state index in [1.165, 1.54) is 0 Å². The van der Waals surface area contributed by atoms with E-state index in [1.54, 1.807) is 0 Å². The monoisotopic (exact) mass is 282 g/mol. The number of carbonyl (C=O) groups excluding carboxylic acids is 1. The van der Waals surface area contributed by atoms with Crippen LogP contribution in [0.4, 0.5) is 17.2 Å². The molecular formula is C16H18N4O. The molecule has 0 spiro atoms. The fourth-order valence-corrected chi connectivity index (χ4v) is 2.37. The molecule has 3 rings (SSSR count). The van der Waals surface area contributed by atoms with Gasteiger partial charge in [-0.15, -0.1) is 0 Å². The van der Waals surface area contributed by atoms with Crippen molar-refractivity contribution in [1.82, 2.24) is 9.97 Å². The van der Waals surface area contributed by atoms with Crippen LogP contribution in [0.1, 0.15) is 36.8 Å². The van der Waals surface area contributed by atoms with Gasteiger partial charge < -0.3 is 10.6 Å². The molecule has 0 fully saturated rings. The normalized spacial score (nSPS) is 13.2. The molecule has 0 radical (unpaired) electrons. The molecule has 0 saturated heterocycles. The highest BCUT2D eigenvalue weighted by Crippen LogP contribution is 2.27. The zero-order valence-corrected chi connectivity index (χ0v) is 12.4. The van der Waals surface area contributed by atoms with Crippen molar-refractivity contribution in [1.29, 1.82) is 0 Å². The number of fused-ring (bicyclic) bond motifs is 1. The van der Waals surface area contributed by atoms with Crippen molar-refractivity contribution in [3.05, 3.63) is 41.3 Å². The lowest BCUT2D eigenvalue weighted by Crippen LogP contribution is -2.03. The zero-order chi connectivity index (χ0) is 15.0. The number of amides is 1. The molecule has 0 saturated carbocycles. The molecule has 0 unspecified atom stereocenters. The molecule has 0 aliphatic carbocycles. The molecule has 21 heavy (non-hydrogen) atoms. The van der Waals surface area contributed by atoms with Crippen LogP contribution in [-0.2, 0) is 11.2 Å². The van der Waals surface area contributed by atoms with Crippen LogP contribution in [0.25, 0.3) is 0 Å². The van der Waals surface area contributed by atoms with Gasteiger partial charge in [-0.1, -0.05) is 13.8 Å². The smallest absolute Gasteiger partial charge is 0.228 e. The largest absolute Gasteiger partial charge is 0.340 e. The van der Waals surface area contributed by atoms with E-state index in [4.69, 9.17) is 0 Å². The van der Waals surface area contributed by atoms with Crippen LogP contribution in [0.5, 0.6) is 0 Å². The highest BCUT2D eigenvalue weighted by Gasteiger charge is 2.17. The summed E-state index contributed by atoms with van der Waals surface area (Å²) in [5, 5.41) is 6.12. The van der Waals surface area contributed by atoms with Crippen molar-refractivity contribution in [2.75, 3.05) is 10.6 Å². The third-order valence-corrected chi connectivity index (χ3v) is 3.39. The standard InChI is InChI=1S/C16H18N4O/c1-9(2)16-17-10(3)6-14(20-16)18-12-4-5-13-11(7-12)8-15(21)19-13/h4-7,9H,8H2,1-3H3,(H,19,21)(H,17,18,20). The van der Waals surface area contributed by atoms with Gasteiger partial charge in [-0.2, -0.15) is 0 Å². The Labute approximate surface area is 123 Å². The van der Waals surface area contributed by atoms with E-state index >= 15 is 0 Å². The Kier molecular flexibility index (Phi) is 3.33. The first-order chi connectivity index (χ1) is 10.0. The van der Waals surface area contributed by atoms with Gasteiger partial charge >= 0.3 is 0 Å². The number of aryl methyl sites for hydroxylation is 1. The molecule has 2 aromatic rings. The van der Waals surface area contributed by atoms with Crippen molar-refractivity contribution < 1.29 is 4.79 Å². The van der Waals surface area contributed by atoms with Gasteiger partial charge in [-0.3, -0.25) is 4.79 Å². The molecule has 1 aromatic carbocycles. The van der Waals surface area contributed by atoms with Crippen LogP contribution in [0.3, 0.4) is 0 Å². The van der Waals surface area contributed by atoms with Crippen LogP contribution >= 0.6 is 0 Å². The summed E-state index contributed by atoms with van der Waals surface area (Å²) in [4.78, 5) is 20.4. The topological polar surface area (TPSA) is 66.9 Å². The van der Waals surface area contributed by atoms with Gasteiger partial charge in [0.1, 0.15) is 11.6 Å². The van der Waals surface area contributed by atoms with Gasteiger partial charge in [0.25, 0.3) is 0 Å². The Hall–Kier alpha value is -2.43. The van der Waals surface area contributed by atoms with E-state index in [0.29, 0.717) is 6.42 Å². The molecular weight excluding hydrogens is 264 g/mol. The van der Waals surface area contributed by atoms with Crippen LogP contribution in [0.15, 0.2) is 24.3 Å². The summed E-state index contributed by atoms with van der Waals surface area (Å²) in [7, 11) is 0. The Morgan fingerprint density at radius 2 is 2.05 bits per heavy atom. The number of hydrogen-bond acceptors (Lipinski definition) is 4. The van der Waals surface area contributed by atoms with E-state index in [1.807, 2.05) is 31.2 Å². The van der Waals surface area contributed by atoms with Crippen molar-refractivity contribution in [3.63, 3.8) is 0 Å². The first-order valence-corrected chi connectivity index (χ1v) is 7.06. The molecule has 0 atom stereocenters. The van der Waals surface area contributed by atoms with Gasteiger partial charge in [0.05, 0.1) is 6.42 Å². The van der Waals surface area contributed by atoms with Crippen LogP contribution in [0, 0.1) is 6.92 Å². The first-order valence-electron chi connectivity index (χ1n) is 7.06. The lowest BCUT2D eigenvalue weighted by molar-refractivity contribution is -0.115. The number of aromatic nitrogens is 2. The molecule has 1 aliphatic heterocycles. The third-order valence-electron chi connectivity index (χ3n) is 3.39. The predicted octanol–water partition coefficient (Wildman–Crippen LogP) is 3.15. The van der Waals surface area contributed by atoms with Crippen molar-refractivity contribution in [3.8, 4) is 0 Å². The first kappa shape index (κ1) is 13.5. The maximum absolute atomic E-state index is 11.4. The molecule has 1 aromatic heterocycles. The second kappa shape index (κ2) is 5.16. The fraction of sp³-hybridized carbons (Fsp3) is 0.312. The summed E-state index contributed by atoms with van der Waals surface area (Å²) >= 11 is 0. The number of carbonyl (C=O) groups is 1. The molecule has 0 bridgehead atoms. The van der Waals surface area contributed by atoms with E-state index in [-0.39, 0.29) is 11.8 Å². The van der Waals surface area contributed by atoms with Crippen molar-refractivity contribution in [2.24, 2.45) is 0 Å². The maximum atomic E-state index is 11.4. The Morgan fingerprint density at radius 1 is 1.24 bits per heavy atom. The molecule has 2 heterocycles. The van der Waals surface area contributed by atoms with Crippen LogP contribution in [0.2, 0.25) is 0 Å². The summed E-state index contributed by atoms with van der Waals surface area (Å²) in [6, 6.07) is 7.76. The maximum Gasteiger partial charge on any atom is 0.228 e. The highest BCUT2D eigenvalue weighted by atomic mass is 16.1. The van der Waals surface area contributed by atoms with Crippen LogP contribution < -0.4 is 10.6 Å². The van der Waals surface area contributed by atoms with E-state index in [2.05, 4.69) is 34.4 Å². The van der Waals surface area contributed by atoms with Crippen molar-refractivity contribution >= 4 is 23.1 Å². The Morgan fingerprint density at radius 3 is 2.81 bits per heavy atom. The molecule has 108 valence electrons. The summed E-state index contributed by atoms with van der Waals surface area (Å²) in [6.07, 6.45) is 0.435. The second-order valence-corrected chi connectivity index (χ2v) is 5.63. The SMILES string of the molecule is Cc1cc(Nc2ccc3c(c2)CC(=O)N3)nc(C(C)C)n1. The molecule has 5 nitrogen and oxygen atoms in total. The minimum atomic E-state index is 0.0436. The molecule has 5 heteroatoms. The van der Waals surface area contributed by atoms with Gasteiger partial charge in [-0.05, 0) is 30.7 Å². The van der Waals surface area contributed by atoms with Crippen molar-refractivity contribution in [2.45, 2.75) is 33.1 Å². The van der Waals surface area contributed by atoms with Gasteiger partial charge in [-0.25, -0.2) is 9.97 Å². The Bertz CT molecular complexity index is 709. The summed E-state index contributed by atoms with van der Waals surface area (Å²) in [6.45, 7) is 6.11. The van der Waals surface area contributed by atoms with Crippen LogP contribution in [-0.4, -0.2) is 15.9 Å². The summed E-state index contributed by atoms with van der Waals surface area (Å²) in [5.41, 5.74) is 3.78. The number of hydrogen-bond donors (Lipinski definition) is 2. The molecule has 2 N–H and O–H groups in total. The highest BCUT2D eigenvalue weighted by molar-refractivity contribution is 5.99. The summed E-state index contributed by atoms with van der Waals surface area (Å²) < 4.78 is 0. The summed E-state index contributed by atoms with van der Waals surface area (Å²) in [5.74, 6) is 1.94. The minimum Gasteiger partial charge on any atom is -0.340 e. The number of nitrogens with zero attached hydrogens (tertiary/aromatic N) is 2. The molecule has 1 amide bonds. The van der Waals surface area contributed by atoms with Gasteiger partial charge in [0, 0.05) is 29.1 Å². The minimum absolute atomic E-state index is 0.0436. The average molecular weight is 282 g/mol. The second-order valence-electron chi connectivity index (χ2n) is 5.63. The van der Waals surface area contributed by atoms with Gasteiger partial charge in [0.2, 0.25) is 5.91 Å². The van der Waals surface area contributed by atoms with E-state index < -0.39 is 0 Å². The number of anilines is 3. The number of rotatable bonds is 3.